The van der Waals surface area contributed by atoms with Crippen molar-refractivity contribution in [3.05, 3.63) is 82.4 Å². The number of anilines is 1. The summed E-state index contributed by atoms with van der Waals surface area (Å²) >= 11 is 0. The zero-order chi connectivity index (χ0) is 31.4. The number of amides is 2. The fraction of sp³-hybridized carbons (Fsp3) is 0.367. The molecule has 1 aromatic heterocycles. The summed E-state index contributed by atoms with van der Waals surface area (Å²) in [6, 6.07) is 6.53. The van der Waals surface area contributed by atoms with Gasteiger partial charge in [-0.25, -0.2) is 4.39 Å². The molecule has 2 aromatic carbocycles. The third-order valence-corrected chi connectivity index (χ3v) is 7.67. The Balaban J connectivity index is 1.84. The first-order chi connectivity index (χ1) is 19.3. The molecule has 0 radical (unpaired) electrons. The molecule has 0 saturated carbocycles. The van der Waals surface area contributed by atoms with E-state index >= 15 is 0 Å². The summed E-state index contributed by atoms with van der Waals surface area (Å²) < 4.78 is 95.3. The molecule has 12 heteroatoms. The first kappa shape index (κ1) is 31.0. The summed E-state index contributed by atoms with van der Waals surface area (Å²) in [6.45, 7) is 5.95. The fourth-order valence-electron chi connectivity index (χ4n) is 5.20. The van der Waals surface area contributed by atoms with Crippen LogP contribution in [-0.4, -0.2) is 29.9 Å². The number of benzene rings is 2. The van der Waals surface area contributed by atoms with Crippen molar-refractivity contribution in [3.63, 3.8) is 0 Å². The van der Waals surface area contributed by atoms with E-state index in [1.165, 1.54) is 45.3 Å². The summed E-state index contributed by atoms with van der Waals surface area (Å²) in [5.41, 5.74) is -3.20. The lowest BCUT2D eigenvalue weighted by molar-refractivity contribution is -0.143. The molecular weight excluding hydrogens is 567 g/mol. The van der Waals surface area contributed by atoms with E-state index in [0.29, 0.717) is 34.5 Å². The van der Waals surface area contributed by atoms with Crippen LogP contribution >= 0.6 is 0 Å². The highest BCUT2D eigenvalue weighted by Gasteiger charge is 2.41. The number of nitrogens with zero attached hydrogens (tertiary/aromatic N) is 2. The summed E-state index contributed by atoms with van der Waals surface area (Å²) in [6.07, 6.45) is -8.62. The summed E-state index contributed by atoms with van der Waals surface area (Å²) in [7, 11) is 1.34. The van der Waals surface area contributed by atoms with Gasteiger partial charge in [0.15, 0.2) is 0 Å². The number of alkyl halides is 6. The minimum Gasteiger partial charge on any atom is -0.353 e. The van der Waals surface area contributed by atoms with Gasteiger partial charge in [-0.1, -0.05) is 6.07 Å². The molecule has 0 aliphatic carbocycles. The number of hydrogen-bond acceptors (Lipinski definition) is 3. The molecule has 0 spiro atoms. The molecule has 3 aromatic rings. The van der Waals surface area contributed by atoms with Gasteiger partial charge in [-0.05, 0) is 80.8 Å². The third-order valence-electron chi connectivity index (χ3n) is 7.67. The van der Waals surface area contributed by atoms with Crippen LogP contribution in [0.5, 0.6) is 0 Å². The minimum atomic E-state index is -5.08. The number of carbonyl (C=O) groups is 2. The molecule has 1 fully saturated rings. The maximum absolute atomic E-state index is 14.0. The van der Waals surface area contributed by atoms with Gasteiger partial charge in [0, 0.05) is 36.7 Å². The second-order valence-electron chi connectivity index (χ2n) is 11.0. The average Bonchev–Trinajstić information content (AvgIpc) is 3.23. The standard InChI is InChI=1S/C30H28F7N3O2/c1-15-8-20(31)6-7-21(15)23-12-24(22-13-26(41)39-16(22)2)38-14-25(23)40(5)27(42)28(3,4)17-9-18(29(32,33)34)11-19(10-17)30(35,36)37/h6-12,14,16,22H,13H2,1-5H3,(H,39,41). The largest absolute Gasteiger partial charge is 0.416 e. The van der Waals surface area contributed by atoms with Crippen LogP contribution in [0.1, 0.15) is 61.1 Å². The van der Waals surface area contributed by atoms with E-state index in [-0.39, 0.29) is 36.0 Å². The molecule has 1 aliphatic heterocycles. The predicted molar refractivity (Wildman–Crippen MR) is 142 cm³/mol. The molecular formula is C30H28F7N3O2. The topological polar surface area (TPSA) is 62.3 Å². The third kappa shape index (κ3) is 5.98. The Morgan fingerprint density at radius 1 is 0.929 bits per heavy atom. The van der Waals surface area contributed by atoms with E-state index in [9.17, 15) is 40.3 Å². The van der Waals surface area contributed by atoms with E-state index in [1.807, 2.05) is 6.92 Å². The number of aryl methyl sites for hydroxylation is 1. The molecule has 0 bridgehead atoms. The first-order valence-corrected chi connectivity index (χ1v) is 12.9. The Morgan fingerprint density at radius 3 is 2.00 bits per heavy atom. The van der Waals surface area contributed by atoms with Gasteiger partial charge >= 0.3 is 12.4 Å². The number of nitrogens with one attached hydrogen (secondary N) is 1. The van der Waals surface area contributed by atoms with Crippen LogP contribution < -0.4 is 10.2 Å². The van der Waals surface area contributed by atoms with Crippen molar-refractivity contribution in [3.8, 4) is 11.1 Å². The van der Waals surface area contributed by atoms with Crippen molar-refractivity contribution >= 4 is 17.5 Å². The van der Waals surface area contributed by atoms with Crippen LogP contribution in [0.15, 0.2) is 48.7 Å². The SMILES string of the molecule is Cc1cc(F)ccc1-c1cc(C2CC(=O)NC2C)ncc1N(C)C(=O)C(C)(C)c1cc(C(F)(F)F)cc(C(F)(F)F)c1. The van der Waals surface area contributed by atoms with Crippen molar-refractivity contribution in [1.29, 1.82) is 0 Å². The Kier molecular flexibility index (Phi) is 7.90. The molecule has 2 unspecified atom stereocenters. The van der Waals surface area contributed by atoms with Crippen LogP contribution in [0.2, 0.25) is 0 Å². The predicted octanol–water partition coefficient (Wildman–Crippen LogP) is 7.17. The molecule has 42 heavy (non-hydrogen) atoms. The van der Waals surface area contributed by atoms with Crippen LogP contribution in [0, 0.1) is 12.7 Å². The average molecular weight is 596 g/mol. The van der Waals surface area contributed by atoms with Gasteiger partial charge in [-0.15, -0.1) is 0 Å². The second-order valence-corrected chi connectivity index (χ2v) is 11.0. The summed E-state index contributed by atoms with van der Waals surface area (Å²) in [4.78, 5) is 31.4. The quantitative estimate of drug-likeness (QED) is 0.319. The monoisotopic (exact) mass is 595 g/mol. The maximum atomic E-state index is 14.0. The van der Waals surface area contributed by atoms with Crippen LogP contribution in [-0.2, 0) is 27.4 Å². The van der Waals surface area contributed by atoms with Crippen LogP contribution in [0.4, 0.5) is 36.4 Å². The molecule has 1 saturated heterocycles. The van der Waals surface area contributed by atoms with Crippen molar-refractivity contribution in [2.24, 2.45) is 0 Å². The normalized spacial score (nSPS) is 17.8. The van der Waals surface area contributed by atoms with E-state index < -0.39 is 46.2 Å². The lowest BCUT2D eigenvalue weighted by atomic mass is 9.81. The van der Waals surface area contributed by atoms with E-state index in [1.54, 1.807) is 13.0 Å². The molecule has 5 nitrogen and oxygen atoms in total. The van der Waals surface area contributed by atoms with Gasteiger partial charge < -0.3 is 10.2 Å². The number of pyridine rings is 1. The number of rotatable bonds is 5. The summed E-state index contributed by atoms with van der Waals surface area (Å²) in [5, 5.41) is 2.81. The van der Waals surface area contributed by atoms with Crippen molar-refractivity contribution in [1.82, 2.24) is 10.3 Å². The van der Waals surface area contributed by atoms with Crippen molar-refractivity contribution in [2.75, 3.05) is 11.9 Å². The molecule has 2 amide bonds. The van der Waals surface area contributed by atoms with Crippen molar-refractivity contribution < 1.29 is 40.3 Å². The van der Waals surface area contributed by atoms with Crippen LogP contribution in [0.25, 0.3) is 11.1 Å². The Hall–Kier alpha value is -3.96. The minimum absolute atomic E-state index is 0.00937. The highest BCUT2D eigenvalue weighted by atomic mass is 19.4. The Morgan fingerprint density at radius 2 is 1.50 bits per heavy atom. The number of likely N-dealkylation sites (N-methyl/N-ethyl adjacent to an activating group) is 1. The number of halogens is 7. The number of carbonyl (C=O) groups excluding carboxylic acids is 2. The van der Waals surface area contributed by atoms with Gasteiger partial charge in [0.05, 0.1) is 28.4 Å². The zero-order valence-electron chi connectivity index (χ0n) is 23.3. The first-order valence-electron chi connectivity index (χ1n) is 12.9. The van der Waals surface area contributed by atoms with Gasteiger partial charge in [0.2, 0.25) is 11.8 Å². The van der Waals surface area contributed by atoms with E-state index in [4.69, 9.17) is 0 Å². The highest BCUT2D eigenvalue weighted by molar-refractivity contribution is 6.03. The smallest absolute Gasteiger partial charge is 0.353 e. The second kappa shape index (κ2) is 10.7. The molecule has 2 atom stereocenters. The molecule has 2 heterocycles. The van der Waals surface area contributed by atoms with Gasteiger partial charge in [0.1, 0.15) is 5.82 Å². The molecule has 224 valence electrons. The Labute approximate surface area is 237 Å². The van der Waals surface area contributed by atoms with Gasteiger partial charge in [-0.2, -0.15) is 26.3 Å². The van der Waals surface area contributed by atoms with Gasteiger partial charge in [-0.3, -0.25) is 14.6 Å². The molecule has 4 rings (SSSR count). The number of hydrogen-bond donors (Lipinski definition) is 1. The lowest BCUT2D eigenvalue weighted by Crippen LogP contribution is -2.42. The van der Waals surface area contributed by atoms with E-state index in [2.05, 4.69) is 10.3 Å². The fourth-order valence-corrected chi connectivity index (χ4v) is 5.20. The maximum Gasteiger partial charge on any atom is 0.416 e. The molecule has 1 aliphatic rings. The Bertz CT molecular complexity index is 1510. The number of aromatic nitrogens is 1. The van der Waals surface area contributed by atoms with Gasteiger partial charge in [0.25, 0.3) is 0 Å². The van der Waals surface area contributed by atoms with Crippen molar-refractivity contribution in [2.45, 2.75) is 63.8 Å². The zero-order valence-corrected chi connectivity index (χ0v) is 23.3. The van der Waals surface area contributed by atoms with Crippen LogP contribution in [0.3, 0.4) is 0 Å². The molecule has 1 N–H and O–H groups in total. The lowest BCUT2D eigenvalue weighted by Gasteiger charge is -2.32. The summed E-state index contributed by atoms with van der Waals surface area (Å²) in [5.74, 6) is -1.76. The van der Waals surface area contributed by atoms with E-state index in [0.717, 1.165) is 4.90 Å². The highest BCUT2D eigenvalue weighted by Crippen LogP contribution is 2.41.